The van der Waals surface area contributed by atoms with Gasteiger partial charge in [-0.3, -0.25) is 5.84 Å². The Bertz CT molecular complexity index is 405. The standard InChI is InChI=1S/C11H13ClN2O2/c1-2-16-11(15)6-3-8-7-9(14-13)4-5-10(8)12/h3-7,14H,2,13H2,1H3/b6-3+. The fourth-order valence-corrected chi connectivity index (χ4v) is 1.29. The summed E-state index contributed by atoms with van der Waals surface area (Å²) in [6.45, 7) is 2.10. The second kappa shape index (κ2) is 6.15. The average Bonchev–Trinajstić information content (AvgIpc) is 2.28. The van der Waals surface area contributed by atoms with Gasteiger partial charge in [-0.2, -0.15) is 0 Å². The molecule has 86 valence electrons. The lowest BCUT2D eigenvalue weighted by atomic mass is 10.2. The number of esters is 1. The lowest BCUT2D eigenvalue weighted by Gasteiger charge is -2.03. The number of nitrogen functional groups attached to an aromatic ring is 1. The van der Waals surface area contributed by atoms with Gasteiger partial charge in [-0.05, 0) is 36.8 Å². The number of hydrazine groups is 1. The molecule has 0 saturated carbocycles. The Morgan fingerprint density at radius 3 is 3.00 bits per heavy atom. The molecule has 0 aliphatic carbocycles. The second-order valence-corrected chi connectivity index (χ2v) is 3.37. The Morgan fingerprint density at radius 1 is 1.62 bits per heavy atom. The van der Waals surface area contributed by atoms with Crippen LogP contribution in [0.2, 0.25) is 5.02 Å². The number of benzene rings is 1. The molecule has 0 fully saturated rings. The molecule has 0 atom stereocenters. The molecule has 0 aliphatic heterocycles. The van der Waals surface area contributed by atoms with Crippen LogP contribution in [0.1, 0.15) is 12.5 Å². The third-order valence-corrected chi connectivity index (χ3v) is 2.19. The highest BCUT2D eigenvalue weighted by Crippen LogP contribution is 2.21. The van der Waals surface area contributed by atoms with Gasteiger partial charge in [0.2, 0.25) is 0 Å². The SMILES string of the molecule is CCOC(=O)/C=C/c1cc(NN)ccc1Cl. The molecule has 1 aromatic rings. The third-order valence-electron chi connectivity index (χ3n) is 1.85. The van der Waals surface area contributed by atoms with Crippen LogP contribution in [-0.2, 0) is 9.53 Å². The van der Waals surface area contributed by atoms with Crippen LogP contribution in [0.25, 0.3) is 6.08 Å². The first-order valence-corrected chi connectivity index (χ1v) is 5.16. The molecular formula is C11H13ClN2O2. The Balaban J connectivity index is 2.83. The number of carbonyl (C=O) groups excluding carboxylic acids is 1. The highest BCUT2D eigenvalue weighted by atomic mass is 35.5. The van der Waals surface area contributed by atoms with E-state index in [1.807, 2.05) is 0 Å². The van der Waals surface area contributed by atoms with E-state index in [9.17, 15) is 4.79 Å². The monoisotopic (exact) mass is 240 g/mol. The number of hydrogen-bond donors (Lipinski definition) is 2. The molecule has 1 aromatic carbocycles. The van der Waals surface area contributed by atoms with Gasteiger partial charge < -0.3 is 10.2 Å². The van der Waals surface area contributed by atoms with Crippen LogP contribution in [0.3, 0.4) is 0 Å². The van der Waals surface area contributed by atoms with E-state index in [0.29, 0.717) is 22.9 Å². The Morgan fingerprint density at radius 2 is 2.38 bits per heavy atom. The Kier molecular flexibility index (Phi) is 4.82. The average molecular weight is 241 g/mol. The maximum absolute atomic E-state index is 11.1. The van der Waals surface area contributed by atoms with E-state index in [4.69, 9.17) is 22.2 Å². The first-order valence-electron chi connectivity index (χ1n) is 4.78. The van der Waals surface area contributed by atoms with Gasteiger partial charge in [-0.15, -0.1) is 0 Å². The van der Waals surface area contributed by atoms with E-state index in [1.165, 1.54) is 6.08 Å². The molecule has 0 heterocycles. The number of anilines is 1. The van der Waals surface area contributed by atoms with Crippen LogP contribution in [0.4, 0.5) is 5.69 Å². The van der Waals surface area contributed by atoms with Crippen molar-refractivity contribution < 1.29 is 9.53 Å². The van der Waals surface area contributed by atoms with Gasteiger partial charge >= 0.3 is 5.97 Å². The molecule has 0 unspecified atom stereocenters. The number of nitrogens with two attached hydrogens (primary N) is 1. The fraction of sp³-hybridized carbons (Fsp3) is 0.182. The zero-order valence-corrected chi connectivity index (χ0v) is 9.62. The lowest BCUT2D eigenvalue weighted by Crippen LogP contribution is -2.06. The van der Waals surface area contributed by atoms with E-state index in [-0.39, 0.29) is 0 Å². The highest BCUT2D eigenvalue weighted by molar-refractivity contribution is 6.32. The highest BCUT2D eigenvalue weighted by Gasteiger charge is 2.00. The first-order chi connectivity index (χ1) is 7.67. The predicted molar refractivity (Wildman–Crippen MR) is 64.9 cm³/mol. The molecule has 0 spiro atoms. The fourth-order valence-electron chi connectivity index (χ4n) is 1.11. The molecule has 0 saturated heterocycles. The van der Waals surface area contributed by atoms with Crippen molar-refractivity contribution in [2.45, 2.75) is 6.92 Å². The molecule has 5 heteroatoms. The molecule has 16 heavy (non-hydrogen) atoms. The minimum atomic E-state index is -0.398. The topological polar surface area (TPSA) is 64.3 Å². The zero-order chi connectivity index (χ0) is 12.0. The normalized spacial score (nSPS) is 10.4. The first kappa shape index (κ1) is 12.5. The van der Waals surface area contributed by atoms with Crippen molar-refractivity contribution in [2.75, 3.05) is 12.0 Å². The van der Waals surface area contributed by atoms with Crippen molar-refractivity contribution >= 4 is 29.3 Å². The van der Waals surface area contributed by atoms with Crippen LogP contribution in [0.5, 0.6) is 0 Å². The molecular weight excluding hydrogens is 228 g/mol. The van der Waals surface area contributed by atoms with Crippen LogP contribution < -0.4 is 11.3 Å². The summed E-state index contributed by atoms with van der Waals surface area (Å²) in [6, 6.07) is 5.17. The Labute approximate surface area is 99.0 Å². The number of ether oxygens (including phenoxy) is 1. The smallest absolute Gasteiger partial charge is 0.330 e. The lowest BCUT2D eigenvalue weighted by molar-refractivity contribution is -0.137. The van der Waals surface area contributed by atoms with E-state index in [2.05, 4.69) is 5.43 Å². The van der Waals surface area contributed by atoms with Gasteiger partial charge in [0, 0.05) is 16.8 Å². The third kappa shape index (κ3) is 3.56. The summed E-state index contributed by atoms with van der Waals surface area (Å²) in [5, 5.41) is 0.541. The summed E-state index contributed by atoms with van der Waals surface area (Å²) >= 11 is 5.94. The van der Waals surface area contributed by atoms with Crippen molar-refractivity contribution in [3.8, 4) is 0 Å². The summed E-state index contributed by atoms with van der Waals surface area (Å²) in [7, 11) is 0. The van der Waals surface area contributed by atoms with Gasteiger partial charge in [-0.25, -0.2) is 4.79 Å². The molecule has 4 nitrogen and oxygen atoms in total. The van der Waals surface area contributed by atoms with Gasteiger partial charge in [0.1, 0.15) is 0 Å². The molecule has 0 bridgehead atoms. The summed E-state index contributed by atoms with van der Waals surface area (Å²) in [5.74, 6) is 4.87. The molecule has 0 aromatic heterocycles. The predicted octanol–water partition coefficient (Wildman–Crippen LogP) is 2.20. The molecule has 0 radical (unpaired) electrons. The number of halogens is 1. The van der Waals surface area contributed by atoms with Crippen LogP contribution in [0.15, 0.2) is 24.3 Å². The number of nitrogens with one attached hydrogen (secondary N) is 1. The van der Waals surface area contributed by atoms with Gasteiger partial charge in [-0.1, -0.05) is 11.6 Å². The minimum Gasteiger partial charge on any atom is -0.463 e. The van der Waals surface area contributed by atoms with Crippen molar-refractivity contribution in [1.82, 2.24) is 0 Å². The van der Waals surface area contributed by atoms with E-state index < -0.39 is 5.97 Å². The summed E-state index contributed by atoms with van der Waals surface area (Å²) in [6.07, 6.45) is 2.91. The minimum absolute atomic E-state index is 0.349. The second-order valence-electron chi connectivity index (χ2n) is 2.97. The van der Waals surface area contributed by atoms with E-state index in [0.717, 1.165) is 0 Å². The van der Waals surface area contributed by atoms with Crippen molar-refractivity contribution in [3.63, 3.8) is 0 Å². The molecule has 3 N–H and O–H groups in total. The zero-order valence-electron chi connectivity index (χ0n) is 8.87. The van der Waals surface area contributed by atoms with Crippen molar-refractivity contribution in [2.24, 2.45) is 5.84 Å². The van der Waals surface area contributed by atoms with Crippen LogP contribution in [-0.4, -0.2) is 12.6 Å². The summed E-state index contributed by atoms with van der Waals surface area (Å²) < 4.78 is 4.75. The summed E-state index contributed by atoms with van der Waals surface area (Å²) in [5.41, 5.74) is 3.91. The Hall–Kier alpha value is -1.52. The quantitative estimate of drug-likeness (QED) is 0.367. The van der Waals surface area contributed by atoms with Crippen LogP contribution >= 0.6 is 11.6 Å². The molecule has 0 amide bonds. The molecule has 1 rings (SSSR count). The maximum atomic E-state index is 11.1. The number of hydrogen-bond acceptors (Lipinski definition) is 4. The molecule has 0 aliphatic rings. The van der Waals surface area contributed by atoms with Crippen molar-refractivity contribution in [1.29, 1.82) is 0 Å². The van der Waals surface area contributed by atoms with E-state index in [1.54, 1.807) is 31.2 Å². The van der Waals surface area contributed by atoms with Crippen molar-refractivity contribution in [3.05, 3.63) is 34.9 Å². The van der Waals surface area contributed by atoms with Crippen LogP contribution in [0, 0.1) is 0 Å². The van der Waals surface area contributed by atoms with Gasteiger partial charge in [0.15, 0.2) is 0 Å². The number of carbonyl (C=O) groups is 1. The number of rotatable bonds is 4. The van der Waals surface area contributed by atoms with Gasteiger partial charge in [0.25, 0.3) is 0 Å². The maximum Gasteiger partial charge on any atom is 0.330 e. The van der Waals surface area contributed by atoms with E-state index >= 15 is 0 Å². The van der Waals surface area contributed by atoms with Gasteiger partial charge in [0.05, 0.1) is 6.61 Å². The summed E-state index contributed by atoms with van der Waals surface area (Å²) in [4.78, 5) is 11.1. The largest absolute Gasteiger partial charge is 0.463 e.